The molecule has 0 saturated carbocycles. The summed E-state index contributed by atoms with van der Waals surface area (Å²) in [5.41, 5.74) is 2.80. The molecule has 4 aromatic rings. The number of amides is 2. The van der Waals surface area contributed by atoms with Gasteiger partial charge in [-0.05, 0) is 73.2 Å². The highest BCUT2D eigenvalue weighted by Gasteiger charge is 2.32. The van der Waals surface area contributed by atoms with Crippen molar-refractivity contribution in [3.63, 3.8) is 0 Å². The van der Waals surface area contributed by atoms with Crippen molar-refractivity contribution in [2.75, 3.05) is 18.5 Å². The summed E-state index contributed by atoms with van der Waals surface area (Å²) < 4.78 is 13.8. The highest BCUT2D eigenvalue weighted by atomic mass is 16.5. The lowest BCUT2D eigenvalue weighted by atomic mass is 10.00. The molecule has 0 aliphatic carbocycles. The van der Waals surface area contributed by atoms with Gasteiger partial charge in [0.25, 0.3) is 0 Å². The van der Waals surface area contributed by atoms with Gasteiger partial charge in [0.2, 0.25) is 0 Å². The van der Waals surface area contributed by atoms with E-state index in [2.05, 4.69) is 22.1 Å². The van der Waals surface area contributed by atoms with Crippen LogP contribution in [-0.4, -0.2) is 28.6 Å². The number of urea groups is 1. The van der Waals surface area contributed by atoms with Crippen LogP contribution in [0.3, 0.4) is 0 Å². The van der Waals surface area contributed by atoms with Gasteiger partial charge in [-0.15, -0.1) is 0 Å². The Kier molecular flexibility index (Phi) is 6.21. The molecule has 172 valence electrons. The maximum Gasteiger partial charge on any atom is 0.322 e. The van der Waals surface area contributed by atoms with Crippen LogP contribution in [0.4, 0.5) is 10.5 Å². The van der Waals surface area contributed by atoms with E-state index in [1.165, 1.54) is 0 Å². The van der Waals surface area contributed by atoms with E-state index in [9.17, 15) is 4.79 Å². The van der Waals surface area contributed by atoms with Gasteiger partial charge in [0.1, 0.15) is 17.2 Å². The van der Waals surface area contributed by atoms with Crippen molar-refractivity contribution in [1.82, 2.24) is 9.47 Å². The van der Waals surface area contributed by atoms with Gasteiger partial charge in [0.15, 0.2) is 0 Å². The molecule has 2 heterocycles. The second-order valence-electron chi connectivity index (χ2n) is 8.10. The SMILES string of the molecule is CCOc1ccc(NC(=O)N2CCn3cccc3C2c2cccc(Oc3ccccc3)c2)cc1. The fourth-order valence-electron chi connectivity index (χ4n) is 4.32. The van der Waals surface area contributed by atoms with Crippen molar-refractivity contribution in [2.45, 2.75) is 19.5 Å². The Morgan fingerprint density at radius 1 is 0.882 bits per heavy atom. The molecule has 0 saturated heterocycles. The summed E-state index contributed by atoms with van der Waals surface area (Å²) in [4.78, 5) is 15.3. The number of carbonyl (C=O) groups excluding carboxylic acids is 1. The first-order chi connectivity index (χ1) is 16.7. The van der Waals surface area contributed by atoms with Crippen LogP contribution in [-0.2, 0) is 6.54 Å². The van der Waals surface area contributed by atoms with E-state index < -0.39 is 0 Å². The lowest BCUT2D eigenvalue weighted by Gasteiger charge is -2.37. The van der Waals surface area contributed by atoms with Crippen LogP contribution in [0.2, 0.25) is 0 Å². The zero-order valence-electron chi connectivity index (χ0n) is 19.1. The number of aromatic nitrogens is 1. The van der Waals surface area contributed by atoms with Crippen LogP contribution in [0.1, 0.15) is 24.2 Å². The Labute approximate surface area is 199 Å². The Bertz CT molecular complexity index is 1250. The number of nitrogens with zero attached hydrogens (tertiary/aromatic N) is 2. The second-order valence-corrected chi connectivity index (χ2v) is 8.10. The van der Waals surface area contributed by atoms with Gasteiger partial charge < -0.3 is 24.3 Å². The lowest BCUT2D eigenvalue weighted by molar-refractivity contribution is 0.181. The average molecular weight is 454 g/mol. The normalized spacial score (nSPS) is 14.9. The molecule has 2 amide bonds. The number of hydrogen-bond acceptors (Lipinski definition) is 3. The summed E-state index contributed by atoms with van der Waals surface area (Å²) in [6.45, 7) is 3.89. The first-order valence-electron chi connectivity index (χ1n) is 11.5. The Morgan fingerprint density at radius 3 is 2.47 bits per heavy atom. The maximum absolute atomic E-state index is 13.4. The molecule has 1 atom stereocenters. The molecule has 6 nitrogen and oxygen atoms in total. The molecule has 5 rings (SSSR count). The number of hydrogen-bond donors (Lipinski definition) is 1. The number of anilines is 1. The predicted molar refractivity (Wildman–Crippen MR) is 133 cm³/mol. The van der Waals surface area contributed by atoms with E-state index in [4.69, 9.17) is 9.47 Å². The number of fused-ring (bicyclic) bond motifs is 1. The van der Waals surface area contributed by atoms with E-state index in [0.29, 0.717) is 13.2 Å². The van der Waals surface area contributed by atoms with Crippen molar-refractivity contribution in [1.29, 1.82) is 0 Å². The van der Waals surface area contributed by atoms with Gasteiger partial charge in [-0.25, -0.2) is 4.79 Å². The zero-order valence-corrected chi connectivity index (χ0v) is 19.1. The first-order valence-corrected chi connectivity index (χ1v) is 11.5. The summed E-state index contributed by atoms with van der Waals surface area (Å²) in [5.74, 6) is 2.29. The quantitative estimate of drug-likeness (QED) is 0.372. The number of carbonyl (C=O) groups is 1. The fraction of sp³-hybridized carbons (Fsp3) is 0.179. The minimum Gasteiger partial charge on any atom is -0.494 e. The largest absolute Gasteiger partial charge is 0.494 e. The van der Waals surface area contributed by atoms with E-state index >= 15 is 0 Å². The maximum atomic E-state index is 13.4. The van der Waals surface area contributed by atoms with Gasteiger partial charge in [-0.1, -0.05) is 30.3 Å². The first kappa shape index (κ1) is 21.6. The Balaban J connectivity index is 1.41. The van der Waals surface area contributed by atoms with Crippen LogP contribution in [0.5, 0.6) is 17.2 Å². The summed E-state index contributed by atoms with van der Waals surface area (Å²) in [6.07, 6.45) is 2.06. The minimum atomic E-state index is -0.231. The topological polar surface area (TPSA) is 55.7 Å². The van der Waals surface area contributed by atoms with E-state index in [1.54, 1.807) is 0 Å². The third-order valence-corrected chi connectivity index (χ3v) is 5.87. The van der Waals surface area contributed by atoms with Crippen molar-refractivity contribution in [2.24, 2.45) is 0 Å². The zero-order chi connectivity index (χ0) is 23.3. The molecule has 0 radical (unpaired) electrons. The van der Waals surface area contributed by atoms with Gasteiger partial charge in [0.05, 0.1) is 12.6 Å². The smallest absolute Gasteiger partial charge is 0.322 e. The van der Waals surface area contributed by atoms with Crippen LogP contribution >= 0.6 is 0 Å². The molecule has 0 fully saturated rings. The molecule has 1 unspecified atom stereocenters. The highest BCUT2D eigenvalue weighted by molar-refractivity contribution is 5.90. The molecule has 1 aromatic heterocycles. The van der Waals surface area contributed by atoms with E-state index in [-0.39, 0.29) is 12.1 Å². The fourth-order valence-corrected chi connectivity index (χ4v) is 4.32. The molecule has 1 aliphatic rings. The highest BCUT2D eigenvalue weighted by Crippen LogP contribution is 2.35. The molecular formula is C28H27N3O3. The third-order valence-electron chi connectivity index (χ3n) is 5.87. The van der Waals surface area contributed by atoms with Crippen molar-refractivity contribution in [3.05, 3.63) is 108 Å². The standard InChI is InChI=1S/C28H27N3O3/c1-2-33-23-15-13-22(14-16-23)29-28(32)31-19-18-30-17-7-12-26(30)27(31)21-8-6-11-25(20-21)34-24-9-4-3-5-10-24/h3-17,20,27H,2,18-19H2,1H3,(H,29,32). The Morgan fingerprint density at radius 2 is 1.68 bits per heavy atom. The van der Waals surface area contributed by atoms with Crippen LogP contribution in [0, 0.1) is 0 Å². The number of ether oxygens (including phenoxy) is 2. The number of rotatable bonds is 6. The van der Waals surface area contributed by atoms with Gasteiger partial charge in [-0.3, -0.25) is 0 Å². The molecular weight excluding hydrogens is 426 g/mol. The van der Waals surface area contributed by atoms with Crippen molar-refractivity contribution >= 4 is 11.7 Å². The monoisotopic (exact) mass is 453 g/mol. The molecule has 1 N–H and O–H groups in total. The summed E-state index contributed by atoms with van der Waals surface area (Å²) in [5, 5.41) is 3.05. The van der Waals surface area contributed by atoms with Gasteiger partial charge in [0, 0.05) is 30.7 Å². The average Bonchev–Trinajstić information content (AvgIpc) is 3.34. The molecule has 0 bridgehead atoms. The summed E-state index contributed by atoms with van der Waals surface area (Å²) in [7, 11) is 0. The molecule has 1 aliphatic heterocycles. The summed E-state index contributed by atoms with van der Waals surface area (Å²) in [6, 6.07) is 28.8. The molecule has 6 heteroatoms. The molecule has 3 aromatic carbocycles. The van der Waals surface area contributed by atoms with Crippen LogP contribution in [0.15, 0.2) is 97.2 Å². The number of benzene rings is 3. The predicted octanol–water partition coefficient (Wildman–Crippen LogP) is 6.32. The van der Waals surface area contributed by atoms with E-state index in [0.717, 1.165) is 40.7 Å². The molecule has 34 heavy (non-hydrogen) atoms. The van der Waals surface area contributed by atoms with Gasteiger partial charge >= 0.3 is 6.03 Å². The lowest BCUT2D eigenvalue weighted by Crippen LogP contribution is -2.44. The molecule has 0 spiro atoms. The number of para-hydroxylation sites is 1. The Hall–Kier alpha value is -4.19. The van der Waals surface area contributed by atoms with Gasteiger partial charge in [-0.2, -0.15) is 0 Å². The summed E-state index contributed by atoms with van der Waals surface area (Å²) >= 11 is 0. The van der Waals surface area contributed by atoms with Crippen LogP contribution < -0.4 is 14.8 Å². The second kappa shape index (κ2) is 9.75. The van der Waals surface area contributed by atoms with E-state index in [1.807, 2.05) is 96.8 Å². The number of nitrogens with one attached hydrogen (secondary N) is 1. The van der Waals surface area contributed by atoms with Crippen molar-refractivity contribution < 1.29 is 14.3 Å². The third kappa shape index (κ3) is 4.62. The van der Waals surface area contributed by atoms with Crippen LogP contribution in [0.25, 0.3) is 0 Å². The van der Waals surface area contributed by atoms with Crippen molar-refractivity contribution in [3.8, 4) is 17.2 Å². The minimum absolute atomic E-state index is 0.143.